The normalized spacial score (nSPS) is 13.1. The number of rotatable bonds is 6. The predicted molar refractivity (Wildman–Crippen MR) is 121 cm³/mol. The Morgan fingerprint density at radius 1 is 1.10 bits per heavy atom. The summed E-state index contributed by atoms with van der Waals surface area (Å²) in [6.07, 6.45) is 8.26. The summed E-state index contributed by atoms with van der Waals surface area (Å²) < 4.78 is 0. The Morgan fingerprint density at radius 2 is 1.90 bits per heavy atom. The molecule has 3 rings (SSSR count). The number of nitrogens with one attached hydrogen (secondary N) is 2. The first-order chi connectivity index (χ1) is 14.3. The fraction of sp³-hybridized carbons (Fsp3) is 0.0870. The molecule has 0 saturated carbocycles. The number of carbonyl (C=O) groups excluding carboxylic acids is 2. The molecule has 6 N–H and O–H groups in total. The van der Waals surface area contributed by atoms with Crippen molar-refractivity contribution in [1.29, 1.82) is 5.41 Å². The maximum Gasteiger partial charge on any atom is 0.248 e. The average molecular weight is 421 g/mol. The molecule has 2 aromatic carbocycles. The van der Waals surface area contributed by atoms with E-state index in [0.717, 1.165) is 5.57 Å². The topological polar surface area (TPSA) is 122 Å². The van der Waals surface area contributed by atoms with Gasteiger partial charge in [-0.2, -0.15) is 0 Å². The zero-order valence-corrected chi connectivity index (χ0v) is 16.9. The van der Waals surface area contributed by atoms with Crippen molar-refractivity contribution in [1.82, 2.24) is 0 Å². The molecule has 0 spiro atoms. The summed E-state index contributed by atoms with van der Waals surface area (Å²) in [5.41, 5.74) is 14.4. The summed E-state index contributed by atoms with van der Waals surface area (Å²) in [5, 5.41) is 12.1. The van der Waals surface area contributed by atoms with Crippen LogP contribution in [0.3, 0.4) is 0 Å². The van der Waals surface area contributed by atoms with Crippen molar-refractivity contribution in [2.24, 2.45) is 5.73 Å². The zero-order valence-electron chi connectivity index (χ0n) is 16.1. The first kappa shape index (κ1) is 21.1. The second-order valence-corrected chi connectivity index (χ2v) is 7.29. The first-order valence-corrected chi connectivity index (χ1v) is 9.61. The number of hydrogen-bond donors (Lipinski definition) is 4. The number of benzene rings is 2. The molecule has 0 aromatic heterocycles. The molecule has 30 heavy (non-hydrogen) atoms. The van der Waals surface area contributed by atoms with Gasteiger partial charge in [0, 0.05) is 39.5 Å². The largest absolute Gasteiger partial charge is 0.398 e. The molecule has 0 heterocycles. The Labute approximate surface area is 179 Å². The first-order valence-electron chi connectivity index (χ1n) is 9.24. The van der Waals surface area contributed by atoms with Gasteiger partial charge in [-0.25, -0.2) is 0 Å². The SMILES string of the molecule is N=C(c1cccc(NC(=O)CC2=CC=C(Cl)CC=C2)c1)c1cc(C(N)=O)ccc1N. The van der Waals surface area contributed by atoms with E-state index in [0.29, 0.717) is 34.0 Å². The van der Waals surface area contributed by atoms with Crippen molar-refractivity contribution in [2.45, 2.75) is 12.8 Å². The number of amides is 2. The van der Waals surface area contributed by atoms with E-state index in [1.165, 1.54) is 12.1 Å². The molecule has 0 bridgehead atoms. The standard InChI is InChI=1S/C23H21ClN4O2/c24-17-5-1-3-14(7-9-17)11-21(29)28-18-6-2-4-15(12-18)22(26)19-13-16(23(27)30)8-10-20(19)25/h1-4,6-10,12-13,26H,5,11,25H2,(H2,27,30)(H,28,29). The highest BCUT2D eigenvalue weighted by atomic mass is 35.5. The predicted octanol–water partition coefficient (Wildman–Crippen LogP) is 4.12. The van der Waals surface area contributed by atoms with Gasteiger partial charge >= 0.3 is 0 Å². The Balaban J connectivity index is 1.76. The van der Waals surface area contributed by atoms with Gasteiger partial charge in [0.05, 0.1) is 12.1 Å². The molecule has 0 unspecified atom stereocenters. The van der Waals surface area contributed by atoms with Crippen LogP contribution in [-0.4, -0.2) is 17.5 Å². The third kappa shape index (κ3) is 5.24. The van der Waals surface area contributed by atoms with Crippen molar-refractivity contribution in [3.05, 3.63) is 94.1 Å². The molecule has 6 nitrogen and oxygen atoms in total. The van der Waals surface area contributed by atoms with E-state index in [-0.39, 0.29) is 23.6 Å². The molecule has 152 valence electrons. The summed E-state index contributed by atoms with van der Waals surface area (Å²) in [6.45, 7) is 0. The molecule has 1 aliphatic carbocycles. The van der Waals surface area contributed by atoms with Crippen molar-refractivity contribution < 1.29 is 9.59 Å². The summed E-state index contributed by atoms with van der Waals surface area (Å²) >= 11 is 6.00. The molecule has 0 atom stereocenters. The zero-order chi connectivity index (χ0) is 21.7. The molecule has 2 aromatic rings. The van der Waals surface area contributed by atoms with Crippen LogP contribution in [0, 0.1) is 5.41 Å². The second-order valence-electron chi connectivity index (χ2n) is 6.81. The van der Waals surface area contributed by atoms with Crippen LogP contribution in [0.1, 0.15) is 34.3 Å². The number of halogens is 1. The van der Waals surface area contributed by atoms with Crippen LogP contribution in [-0.2, 0) is 4.79 Å². The van der Waals surface area contributed by atoms with Crippen molar-refractivity contribution >= 4 is 40.5 Å². The van der Waals surface area contributed by atoms with Crippen LogP contribution >= 0.6 is 11.6 Å². The van der Waals surface area contributed by atoms with E-state index >= 15 is 0 Å². The molecule has 0 radical (unpaired) electrons. The Bertz CT molecular complexity index is 1120. The summed E-state index contributed by atoms with van der Waals surface area (Å²) in [4.78, 5) is 23.9. The molecule has 0 fully saturated rings. The second kappa shape index (κ2) is 9.24. The molecule has 7 heteroatoms. The highest BCUT2D eigenvalue weighted by Crippen LogP contribution is 2.21. The number of hydrogen-bond acceptors (Lipinski definition) is 4. The van der Waals surface area contributed by atoms with Crippen LogP contribution < -0.4 is 16.8 Å². The van der Waals surface area contributed by atoms with Gasteiger partial charge in [-0.15, -0.1) is 0 Å². The quantitative estimate of drug-likeness (QED) is 0.415. The molecular weight excluding hydrogens is 400 g/mol. The number of allylic oxidation sites excluding steroid dienone is 5. The number of carbonyl (C=O) groups is 2. The molecule has 0 aliphatic heterocycles. The average Bonchev–Trinajstić information content (AvgIpc) is 2.91. The fourth-order valence-corrected chi connectivity index (χ4v) is 3.14. The third-order valence-corrected chi connectivity index (χ3v) is 4.81. The van der Waals surface area contributed by atoms with Crippen LogP contribution in [0.25, 0.3) is 0 Å². The van der Waals surface area contributed by atoms with Gasteiger partial charge in [0.25, 0.3) is 0 Å². The Kier molecular flexibility index (Phi) is 6.49. The van der Waals surface area contributed by atoms with Gasteiger partial charge in [-0.3, -0.25) is 15.0 Å². The highest BCUT2D eigenvalue weighted by Gasteiger charge is 2.13. The number of primary amides is 1. The highest BCUT2D eigenvalue weighted by molar-refractivity contribution is 6.29. The van der Waals surface area contributed by atoms with Crippen LogP contribution in [0.2, 0.25) is 0 Å². The van der Waals surface area contributed by atoms with Gasteiger partial charge in [-0.1, -0.05) is 42.0 Å². The summed E-state index contributed by atoms with van der Waals surface area (Å²) in [5.74, 6) is -0.778. The van der Waals surface area contributed by atoms with Gasteiger partial charge in [0.1, 0.15) is 0 Å². The number of nitrogens with two attached hydrogens (primary N) is 2. The van der Waals surface area contributed by atoms with E-state index in [1.807, 2.05) is 18.2 Å². The van der Waals surface area contributed by atoms with Gasteiger partial charge < -0.3 is 16.8 Å². The van der Waals surface area contributed by atoms with E-state index in [1.54, 1.807) is 36.4 Å². The van der Waals surface area contributed by atoms with Crippen LogP contribution in [0.5, 0.6) is 0 Å². The summed E-state index contributed by atoms with van der Waals surface area (Å²) in [7, 11) is 0. The lowest BCUT2D eigenvalue weighted by atomic mass is 9.98. The van der Waals surface area contributed by atoms with Gasteiger partial charge in [0.2, 0.25) is 11.8 Å². The van der Waals surface area contributed by atoms with E-state index < -0.39 is 5.91 Å². The van der Waals surface area contributed by atoms with Crippen molar-refractivity contribution in [3.63, 3.8) is 0 Å². The Morgan fingerprint density at radius 3 is 2.67 bits per heavy atom. The lowest BCUT2D eigenvalue weighted by molar-refractivity contribution is -0.115. The number of anilines is 2. The van der Waals surface area contributed by atoms with E-state index in [4.69, 9.17) is 28.5 Å². The molecule has 0 saturated heterocycles. The van der Waals surface area contributed by atoms with Crippen molar-refractivity contribution in [2.75, 3.05) is 11.1 Å². The molecule has 1 aliphatic rings. The molecular formula is C23H21ClN4O2. The fourth-order valence-electron chi connectivity index (χ4n) is 2.99. The minimum absolute atomic E-state index is 0.126. The van der Waals surface area contributed by atoms with Crippen molar-refractivity contribution in [3.8, 4) is 0 Å². The summed E-state index contributed by atoms with van der Waals surface area (Å²) in [6, 6.07) is 11.5. The number of nitrogen functional groups attached to an aromatic ring is 1. The molecule has 2 amide bonds. The Hall–Kier alpha value is -3.64. The minimum Gasteiger partial charge on any atom is -0.398 e. The van der Waals surface area contributed by atoms with E-state index in [9.17, 15) is 9.59 Å². The monoisotopic (exact) mass is 420 g/mol. The smallest absolute Gasteiger partial charge is 0.248 e. The lowest BCUT2D eigenvalue weighted by Crippen LogP contribution is -2.14. The maximum absolute atomic E-state index is 12.4. The van der Waals surface area contributed by atoms with Gasteiger partial charge in [-0.05, 0) is 42.0 Å². The van der Waals surface area contributed by atoms with Crippen LogP contribution in [0.4, 0.5) is 11.4 Å². The lowest BCUT2D eigenvalue weighted by Gasteiger charge is -2.11. The maximum atomic E-state index is 12.4. The van der Waals surface area contributed by atoms with Crippen LogP contribution in [0.15, 0.2) is 77.4 Å². The minimum atomic E-state index is -0.594. The van der Waals surface area contributed by atoms with E-state index in [2.05, 4.69) is 5.32 Å². The van der Waals surface area contributed by atoms with Gasteiger partial charge in [0.15, 0.2) is 0 Å². The third-order valence-electron chi connectivity index (χ3n) is 4.53.